The number of nitrogens with one attached hydrogen (secondary N) is 2. The third-order valence-electron chi connectivity index (χ3n) is 5.20. The van der Waals surface area contributed by atoms with Crippen LogP contribution in [0.2, 0.25) is 0 Å². The van der Waals surface area contributed by atoms with Crippen LogP contribution in [0.5, 0.6) is 0 Å². The van der Waals surface area contributed by atoms with Crippen molar-refractivity contribution in [1.29, 1.82) is 0 Å². The maximum Gasteiger partial charge on any atom is 0.343 e. The predicted molar refractivity (Wildman–Crippen MR) is 96.6 cm³/mol. The van der Waals surface area contributed by atoms with Gasteiger partial charge in [-0.3, -0.25) is 19.8 Å². The van der Waals surface area contributed by atoms with Crippen LogP contribution in [0.25, 0.3) is 0 Å². The molecule has 1 saturated heterocycles. The van der Waals surface area contributed by atoms with Crippen molar-refractivity contribution in [3.8, 4) is 0 Å². The molecule has 2 N–H and O–H groups in total. The van der Waals surface area contributed by atoms with Crippen LogP contribution < -0.4 is 11.4 Å². The monoisotopic (exact) mass is 364 g/mol. The van der Waals surface area contributed by atoms with E-state index < -0.39 is 0 Å². The van der Waals surface area contributed by atoms with Crippen molar-refractivity contribution < 1.29 is 0 Å². The average molecular weight is 364 g/mol. The molecule has 0 radical (unpaired) electrons. The highest BCUT2D eigenvalue weighted by molar-refractivity contribution is 4.94. The molecule has 2 aromatic heterocycles. The summed E-state index contributed by atoms with van der Waals surface area (Å²) in [4.78, 5) is 33.7. The highest BCUT2D eigenvalue weighted by atomic mass is 16.2. The molecule has 1 fully saturated rings. The molecule has 3 rings (SSSR count). The molecule has 1 aliphatic heterocycles. The lowest BCUT2D eigenvalue weighted by Gasteiger charge is -2.45. The summed E-state index contributed by atoms with van der Waals surface area (Å²) in [6.45, 7) is 7.41. The number of piperazine rings is 1. The van der Waals surface area contributed by atoms with Crippen LogP contribution in [-0.4, -0.2) is 64.5 Å². The van der Waals surface area contributed by atoms with Gasteiger partial charge in [-0.05, 0) is 12.8 Å². The Balaban J connectivity index is 1.73. The molecule has 2 aromatic rings. The number of aromatic amines is 2. The van der Waals surface area contributed by atoms with Crippen LogP contribution in [0.3, 0.4) is 0 Å². The van der Waals surface area contributed by atoms with Crippen LogP contribution in [0, 0.1) is 0 Å². The van der Waals surface area contributed by atoms with E-state index in [4.69, 9.17) is 0 Å². The number of H-pyrrole nitrogens is 2. The van der Waals surface area contributed by atoms with Gasteiger partial charge in [0.25, 0.3) is 0 Å². The molecule has 144 valence electrons. The second-order valence-electron chi connectivity index (χ2n) is 6.98. The maximum atomic E-state index is 11.6. The summed E-state index contributed by atoms with van der Waals surface area (Å²) in [6.07, 6.45) is 2.01. The number of nitrogens with zero attached hydrogens (tertiary/aromatic N) is 6. The van der Waals surface area contributed by atoms with Crippen molar-refractivity contribution in [1.82, 2.24) is 39.3 Å². The quantitative estimate of drug-likeness (QED) is 0.709. The van der Waals surface area contributed by atoms with E-state index in [1.165, 1.54) is 9.36 Å². The van der Waals surface area contributed by atoms with Gasteiger partial charge < -0.3 is 0 Å². The first-order valence-electron chi connectivity index (χ1n) is 9.13. The van der Waals surface area contributed by atoms with E-state index in [1.54, 1.807) is 14.1 Å². The van der Waals surface area contributed by atoms with Gasteiger partial charge in [0.15, 0.2) is 0 Å². The molecule has 0 bridgehead atoms. The fraction of sp³-hybridized carbons (Fsp3) is 0.750. The first-order chi connectivity index (χ1) is 12.4. The molecule has 1 aliphatic rings. The Morgan fingerprint density at radius 3 is 1.50 bits per heavy atom. The van der Waals surface area contributed by atoms with Crippen molar-refractivity contribution in [2.24, 2.45) is 14.1 Å². The smallest absolute Gasteiger partial charge is 0.292 e. The van der Waals surface area contributed by atoms with Gasteiger partial charge in [0.1, 0.15) is 11.6 Å². The summed E-state index contributed by atoms with van der Waals surface area (Å²) in [5, 5.41) is 8.53. The summed E-state index contributed by atoms with van der Waals surface area (Å²) in [5.41, 5.74) is -0.365. The zero-order chi connectivity index (χ0) is 18.8. The second-order valence-corrected chi connectivity index (χ2v) is 6.98. The van der Waals surface area contributed by atoms with E-state index in [2.05, 4.69) is 43.8 Å². The van der Waals surface area contributed by atoms with Crippen molar-refractivity contribution >= 4 is 0 Å². The van der Waals surface area contributed by atoms with E-state index in [0.717, 1.165) is 25.9 Å². The topological polar surface area (TPSA) is 108 Å². The molecular formula is C16H28N8O2. The summed E-state index contributed by atoms with van der Waals surface area (Å²) in [6, 6.07) is 0.720. The molecule has 0 aliphatic carbocycles. The molecule has 0 saturated carbocycles. The molecule has 10 nitrogen and oxygen atoms in total. The largest absolute Gasteiger partial charge is 0.343 e. The van der Waals surface area contributed by atoms with Crippen LogP contribution in [0.15, 0.2) is 9.59 Å². The van der Waals surface area contributed by atoms with Gasteiger partial charge in [-0.1, -0.05) is 13.8 Å². The normalized spacial score (nSPS) is 22.2. The highest BCUT2D eigenvalue weighted by Gasteiger charge is 2.33. The predicted octanol–water partition coefficient (Wildman–Crippen LogP) is -0.595. The Labute approximate surface area is 151 Å². The van der Waals surface area contributed by atoms with Gasteiger partial charge in [-0.25, -0.2) is 19.0 Å². The van der Waals surface area contributed by atoms with Crippen LogP contribution in [0.4, 0.5) is 0 Å². The first kappa shape index (κ1) is 18.6. The van der Waals surface area contributed by atoms with E-state index in [0.29, 0.717) is 36.8 Å². The van der Waals surface area contributed by atoms with Crippen LogP contribution >= 0.6 is 0 Å². The van der Waals surface area contributed by atoms with Crippen LogP contribution in [0.1, 0.15) is 38.3 Å². The first-order valence-corrected chi connectivity index (χ1v) is 9.13. The van der Waals surface area contributed by atoms with Crippen molar-refractivity contribution in [2.45, 2.75) is 51.9 Å². The molecule has 0 aromatic carbocycles. The second kappa shape index (κ2) is 7.58. The fourth-order valence-electron chi connectivity index (χ4n) is 3.67. The lowest BCUT2D eigenvalue weighted by molar-refractivity contribution is 0.0123. The van der Waals surface area contributed by atoms with Gasteiger partial charge in [-0.15, -0.1) is 0 Å². The lowest BCUT2D eigenvalue weighted by Crippen LogP contribution is -2.57. The zero-order valence-corrected chi connectivity index (χ0v) is 15.9. The third kappa shape index (κ3) is 3.80. The van der Waals surface area contributed by atoms with Gasteiger partial charge >= 0.3 is 11.4 Å². The number of hydrogen-bond donors (Lipinski definition) is 2. The molecule has 26 heavy (non-hydrogen) atoms. The van der Waals surface area contributed by atoms with Gasteiger partial charge in [0.05, 0.1) is 13.1 Å². The van der Waals surface area contributed by atoms with Crippen molar-refractivity contribution in [3.05, 3.63) is 32.6 Å². The highest BCUT2D eigenvalue weighted by Crippen LogP contribution is 2.22. The number of aryl methyl sites for hydroxylation is 2. The Kier molecular flexibility index (Phi) is 5.42. The number of hydrogen-bond acceptors (Lipinski definition) is 6. The minimum absolute atomic E-state index is 0.183. The van der Waals surface area contributed by atoms with Crippen LogP contribution in [-0.2, 0) is 27.2 Å². The minimum atomic E-state index is -0.183. The Morgan fingerprint density at radius 1 is 0.846 bits per heavy atom. The molecule has 0 spiro atoms. The van der Waals surface area contributed by atoms with E-state index in [9.17, 15) is 9.59 Å². The molecule has 0 amide bonds. The standard InChI is InChI=1S/C16H28N8O2/c1-5-11-7-24(10-14-18-16(26)22(4)20-14)12(6-2)8-23(11)9-13-17-15(25)21(3)19-13/h11-12H,5-10H2,1-4H3,(H,17,19,25)(H,18,20,26). The fourth-order valence-corrected chi connectivity index (χ4v) is 3.67. The molecule has 10 heteroatoms. The Morgan fingerprint density at radius 2 is 1.23 bits per heavy atom. The number of rotatable bonds is 6. The number of aromatic nitrogens is 6. The summed E-state index contributed by atoms with van der Waals surface area (Å²) in [5.74, 6) is 1.40. The van der Waals surface area contributed by atoms with Crippen molar-refractivity contribution in [3.63, 3.8) is 0 Å². The van der Waals surface area contributed by atoms with Gasteiger partial charge in [0, 0.05) is 39.3 Å². The van der Waals surface area contributed by atoms with Gasteiger partial charge in [-0.2, -0.15) is 10.2 Å². The molecule has 2 atom stereocenters. The Hall–Kier alpha value is -2.20. The SMILES string of the molecule is CCC1CN(Cc2nn(C)c(=O)[nH]2)C(CC)CN1Cc1nn(C)c(=O)[nH]1. The zero-order valence-electron chi connectivity index (χ0n) is 15.9. The lowest BCUT2D eigenvalue weighted by atomic mass is 10.0. The molecule has 3 heterocycles. The minimum Gasteiger partial charge on any atom is -0.292 e. The summed E-state index contributed by atoms with van der Waals surface area (Å²) < 4.78 is 2.67. The summed E-state index contributed by atoms with van der Waals surface area (Å²) >= 11 is 0. The maximum absolute atomic E-state index is 11.6. The van der Waals surface area contributed by atoms with Crippen molar-refractivity contribution in [2.75, 3.05) is 13.1 Å². The van der Waals surface area contributed by atoms with E-state index in [-0.39, 0.29) is 11.4 Å². The molecular weight excluding hydrogens is 336 g/mol. The Bertz CT molecular complexity index is 777. The van der Waals surface area contributed by atoms with E-state index >= 15 is 0 Å². The van der Waals surface area contributed by atoms with Gasteiger partial charge in [0.2, 0.25) is 0 Å². The third-order valence-corrected chi connectivity index (χ3v) is 5.20. The van der Waals surface area contributed by atoms with E-state index in [1.807, 2.05) is 0 Å². The average Bonchev–Trinajstić information content (AvgIpc) is 3.09. The molecule has 2 unspecified atom stereocenters. The summed E-state index contributed by atoms with van der Waals surface area (Å²) in [7, 11) is 3.31.